The van der Waals surface area contributed by atoms with Crippen molar-refractivity contribution in [3.8, 4) is 11.5 Å². The zero-order chi connectivity index (χ0) is 16.0. The van der Waals surface area contributed by atoms with Gasteiger partial charge in [-0.3, -0.25) is 0 Å². The Morgan fingerprint density at radius 2 is 2.00 bits per heavy atom. The molecule has 0 aliphatic heterocycles. The Morgan fingerprint density at radius 3 is 2.52 bits per heavy atom. The average Bonchev–Trinajstić information content (AvgIpc) is 2.36. The standard InChI is InChI=1S/C14H22ClNO4S/c1-10(2)16-9-11-7-12(15)14(13(8-11)19-3)20-5-6-21(4,17)18/h7-8,10,16H,5-6,9H2,1-4H3. The van der Waals surface area contributed by atoms with Gasteiger partial charge < -0.3 is 14.8 Å². The second-order valence-corrected chi connectivity index (χ2v) is 7.79. The van der Waals surface area contributed by atoms with Crippen molar-refractivity contribution in [2.24, 2.45) is 0 Å². The molecule has 1 aromatic carbocycles. The topological polar surface area (TPSA) is 64.6 Å². The summed E-state index contributed by atoms with van der Waals surface area (Å²) in [7, 11) is -1.55. The molecule has 0 saturated carbocycles. The zero-order valence-corrected chi connectivity index (χ0v) is 14.3. The van der Waals surface area contributed by atoms with Crippen molar-refractivity contribution < 1.29 is 17.9 Å². The molecule has 1 aromatic rings. The van der Waals surface area contributed by atoms with Gasteiger partial charge in [-0.05, 0) is 17.7 Å². The molecule has 7 heteroatoms. The van der Waals surface area contributed by atoms with Crippen LogP contribution in [0, 0.1) is 0 Å². The Morgan fingerprint density at radius 1 is 1.33 bits per heavy atom. The molecule has 0 aliphatic carbocycles. The van der Waals surface area contributed by atoms with E-state index in [0.29, 0.717) is 29.1 Å². The maximum Gasteiger partial charge on any atom is 0.179 e. The Labute approximate surface area is 131 Å². The number of benzene rings is 1. The second kappa shape index (κ2) is 7.87. The van der Waals surface area contributed by atoms with Crippen LogP contribution in [-0.2, 0) is 16.4 Å². The van der Waals surface area contributed by atoms with Crippen LogP contribution in [0.2, 0.25) is 5.02 Å². The summed E-state index contributed by atoms with van der Waals surface area (Å²) < 4.78 is 33.0. The summed E-state index contributed by atoms with van der Waals surface area (Å²) in [5, 5.41) is 3.69. The summed E-state index contributed by atoms with van der Waals surface area (Å²) in [6.45, 7) is 4.82. The first-order valence-electron chi connectivity index (χ1n) is 6.63. The van der Waals surface area contributed by atoms with Crippen molar-refractivity contribution in [1.82, 2.24) is 5.32 Å². The number of nitrogens with one attached hydrogen (secondary N) is 1. The molecular weight excluding hydrogens is 314 g/mol. The van der Waals surface area contributed by atoms with Gasteiger partial charge in [-0.15, -0.1) is 0 Å². The molecule has 0 heterocycles. The fourth-order valence-corrected chi connectivity index (χ4v) is 2.31. The van der Waals surface area contributed by atoms with E-state index in [1.165, 1.54) is 7.11 Å². The van der Waals surface area contributed by atoms with Crippen molar-refractivity contribution in [2.45, 2.75) is 26.4 Å². The van der Waals surface area contributed by atoms with Crippen molar-refractivity contribution in [3.63, 3.8) is 0 Å². The van der Waals surface area contributed by atoms with Gasteiger partial charge in [0, 0.05) is 18.8 Å². The molecule has 0 fully saturated rings. The quantitative estimate of drug-likeness (QED) is 0.789. The van der Waals surface area contributed by atoms with Gasteiger partial charge in [-0.2, -0.15) is 0 Å². The van der Waals surface area contributed by atoms with Crippen molar-refractivity contribution in [2.75, 3.05) is 25.7 Å². The normalized spacial score (nSPS) is 11.7. The first kappa shape index (κ1) is 18.1. The highest BCUT2D eigenvalue weighted by molar-refractivity contribution is 7.90. The van der Waals surface area contributed by atoms with Crippen LogP contribution < -0.4 is 14.8 Å². The van der Waals surface area contributed by atoms with Gasteiger partial charge in [-0.1, -0.05) is 25.4 Å². The van der Waals surface area contributed by atoms with Crippen LogP contribution >= 0.6 is 11.6 Å². The lowest BCUT2D eigenvalue weighted by Crippen LogP contribution is -2.21. The summed E-state index contributed by atoms with van der Waals surface area (Å²) >= 11 is 6.20. The highest BCUT2D eigenvalue weighted by atomic mass is 35.5. The second-order valence-electron chi connectivity index (χ2n) is 5.12. The van der Waals surface area contributed by atoms with E-state index in [2.05, 4.69) is 19.2 Å². The zero-order valence-electron chi connectivity index (χ0n) is 12.8. The van der Waals surface area contributed by atoms with Gasteiger partial charge in [-0.25, -0.2) is 8.42 Å². The maximum absolute atomic E-state index is 11.1. The van der Waals surface area contributed by atoms with E-state index >= 15 is 0 Å². The fraction of sp³-hybridized carbons (Fsp3) is 0.571. The Balaban J connectivity index is 2.84. The minimum atomic E-state index is -3.07. The van der Waals surface area contributed by atoms with E-state index in [1.807, 2.05) is 6.07 Å². The maximum atomic E-state index is 11.1. The van der Waals surface area contributed by atoms with Crippen LogP contribution in [0.5, 0.6) is 11.5 Å². The molecule has 1 rings (SSSR count). The first-order valence-corrected chi connectivity index (χ1v) is 9.07. The summed E-state index contributed by atoms with van der Waals surface area (Å²) in [5.41, 5.74) is 0.973. The smallest absolute Gasteiger partial charge is 0.179 e. The molecule has 0 aliphatic rings. The molecule has 0 aromatic heterocycles. The number of methoxy groups -OCH3 is 1. The molecule has 1 N–H and O–H groups in total. The Bertz CT molecular complexity index is 573. The van der Waals surface area contributed by atoms with E-state index in [4.69, 9.17) is 21.1 Å². The molecule has 0 atom stereocenters. The molecular formula is C14H22ClNO4S. The highest BCUT2D eigenvalue weighted by Crippen LogP contribution is 2.36. The molecule has 21 heavy (non-hydrogen) atoms. The predicted octanol–water partition coefficient (Wildman–Crippen LogP) is 2.27. The fourth-order valence-electron chi connectivity index (χ4n) is 1.63. The first-order chi connectivity index (χ1) is 9.73. The Hall–Kier alpha value is -0.980. The van der Waals surface area contributed by atoms with Gasteiger partial charge in [0.15, 0.2) is 21.3 Å². The van der Waals surface area contributed by atoms with Gasteiger partial charge in [0.2, 0.25) is 0 Å². The largest absolute Gasteiger partial charge is 0.493 e. The summed E-state index contributed by atoms with van der Waals surface area (Å²) in [5.74, 6) is 0.802. The summed E-state index contributed by atoms with van der Waals surface area (Å²) in [4.78, 5) is 0. The SMILES string of the molecule is COc1cc(CNC(C)C)cc(Cl)c1OCCS(C)(=O)=O. The van der Waals surface area contributed by atoms with E-state index in [-0.39, 0.29) is 12.4 Å². The number of rotatable bonds is 8. The number of ether oxygens (including phenoxy) is 2. The van der Waals surface area contributed by atoms with Crippen LogP contribution in [0.4, 0.5) is 0 Å². The molecule has 0 saturated heterocycles. The molecule has 0 bridgehead atoms. The molecule has 0 unspecified atom stereocenters. The molecule has 5 nitrogen and oxygen atoms in total. The van der Waals surface area contributed by atoms with Gasteiger partial charge in [0.1, 0.15) is 6.61 Å². The molecule has 0 amide bonds. The number of hydrogen-bond donors (Lipinski definition) is 1. The molecule has 0 radical (unpaired) electrons. The molecule has 120 valence electrons. The lowest BCUT2D eigenvalue weighted by molar-refractivity contribution is 0.311. The van der Waals surface area contributed by atoms with E-state index in [0.717, 1.165) is 11.8 Å². The molecule has 0 spiro atoms. The lowest BCUT2D eigenvalue weighted by Gasteiger charge is -2.15. The number of hydrogen-bond acceptors (Lipinski definition) is 5. The average molecular weight is 336 g/mol. The van der Waals surface area contributed by atoms with Crippen molar-refractivity contribution in [3.05, 3.63) is 22.7 Å². The van der Waals surface area contributed by atoms with Gasteiger partial charge in [0.05, 0.1) is 17.9 Å². The van der Waals surface area contributed by atoms with E-state index in [1.54, 1.807) is 6.07 Å². The minimum Gasteiger partial charge on any atom is -0.493 e. The lowest BCUT2D eigenvalue weighted by atomic mass is 10.2. The van der Waals surface area contributed by atoms with Crippen LogP contribution in [0.3, 0.4) is 0 Å². The highest BCUT2D eigenvalue weighted by Gasteiger charge is 2.13. The summed E-state index contributed by atoms with van der Waals surface area (Å²) in [6.07, 6.45) is 1.16. The third-order valence-corrected chi connectivity index (χ3v) is 3.89. The van der Waals surface area contributed by atoms with Gasteiger partial charge in [0.25, 0.3) is 0 Å². The van der Waals surface area contributed by atoms with Crippen LogP contribution in [-0.4, -0.2) is 40.2 Å². The predicted molar refractivity (Wildman–Crippen MR) is 85.2 cm³/mol. The van der Waals surface area contributed by atoms with Crippen molar-refractivity contribution >= 4 is 21.4 Å². The third-order valence-electron chi connectivity index (χ3n) is 2.70. The number of sulfone groups is 1. The number of halogens is 1. The summed E-state index contributed by atoms with van der Waals surface area (Å²) in [6, 6.07) is 3.98. The monoisotopic (exact) mass is 335 g/mol. The van der Waals surface area contributed by atoms with Crippen LogP contribution in [0.25, 0.3) is 0 Å². The third kappa shape index (κ3) is 6.54. The minimum absolute atomic E-state index is 0.0402. The van der Waals surface area contributed by atoms with Gasteiger partial charge >= 0.3 is 0 Å². The Kier molecular flexibility index (Phi) is 6.77. The van der Waals surface area contributed by atoms with E-state index < -0.39 is 9.84 Å². The van der Waals surface area contributed by atoms with Crippen LogP contribution in [0.15, 0.2) is 12.1 Å². The van der Waals surface area contributed by atoms with E-state index in [9.17, 15) is 8.42 Å². The van der Waals surface area contributed by atoms with Crippen LogP contribution in [0.1, 0.15) is 19.4 Å². The van der Waals surface area contributed by atoms with Crippen molar-refractivity contribution in [1.29, 1.82) is 0 Å².